The monoisotopic (exact) mass is 1120 g/mol. The quantitative estimate of drug-likeness (QED) is 0.00671. The number of esters is 1. The predicted molar refractivity (Wildman–Crippen MR) is 273 cm³/mol. The van der Waals surface area contributed by atoms with Crippen LogP contribution in [-0.2, 0) is 51.1 Å². The molecule has 0 saturated carbocycles. The van der Waals surface area contributed by atoms with E-state index in [-0.39, 0.29) is 120 Å². The average Bonchev–Trinajstić information content (AvgIpc) is 3.44. The molecule has 0 unspecified atom stereocenters. The molecule has 0 radical (unpaired) electrons. The van der Waals surface area contributed by atoms with Gasteiger partial charge in [0.05, 0.1) is 91.1 Å². The van der Waals surface area contributed by atoms with E-state index in [9.17, 15) is 56.0 Å². The SMILES string of the molecule is CCOc1c(C#N)c(N)cc(NC(=O)Cc2cc(OC)ccc2OC)[n+]1Cc1ccc(NC(=O)[C@H](CCCNC(N)=O)CC(=O)[C@@H](NC(=O)CCOCCOCCOCCC(=O)Oc2c(F)c(F)c(F)c(F)c2F)C(C)C)cc1. The van der Waals surface area contributed by atoms with E-state index in [0.717, 1.165) is 0 Å². The van der Waals surface area contributed by atoms with Crippen molar-refractivity contribution < 1.29 is 88.4 Å². The lowest BCUT2D eigenvalue weighted by Crippen LogP contribution is -2.45. The smallest absolute Gasteiger partial charge is 0.313 e. The molecular weight excluding hydrogens is 1050 g/mol. The van der Waals surface area contributed by atoms with E-state index in [2.05, 4.69) is 32.1 Å². The second-order valence-electron chi connectivity index (χ2n) is 17.7. The Balaban J connectivity index is 1.30. The third-order valence-electron chi connectivity index (χ3n) is 11.6. The molecule has 5 amide bonds. The van der Waals surface area contributed by atoms with Gasteiger partial charge in [-0.1, -0.05) is 26.0 Å². The molecule has 8 N–H and O–H groups in total. The molecule has 4 rings (SSSR count). The van der Waals surface area contributed by atoms with E-state index in [0.29, 0.717) is 28.3 Å². The Morgan fingerprint density at radius 2 is 1.39 bits per heavy atom. The summed E-state index contributed by atoms with van der Waals surface area (Å²) in [6.07, 6.45) is -0.623. The number of nitrogen functional groups attached to an aromatic ring is 1. The Morgan fingerprint density at radius 1 is 0.772 bits per heavy atom. The Kier molecular flexibility index (Phi) is 25.6. The number of aromatic nitrogens is 1. The van der Waals surface area contributed by atoms with Gasteiger partial charge in [0.2, 0.25) is 46.6 Å². The molecule has 1 heterocycles. The van der Waals surface area contributed by atoms with Crippen LogP contribution in [0.1, 0.15) is 69.6 Å². The maximum Gasteiger partial charge on any atom is 0.313 e. The first-order valence-electron chi connectivity index (χ1n) is 24.8. The van der Waals surface area contributed by atoms with Gasteiger partial charge in [-0.05, 0) is 61.6 Å². The Labute approximate surface area is 452 Å². The first-order valence-corrected chi connectivity index (χ1v) is 24.8. The van der Waals surface area contributed by atoms with E-state index in [1.54, 1.807) is 67.8 Å². The van der Waals surface area contributed by atoms with Crippen molar-refractivity contribution in [2.24, 2.45) is 17.6 Å². The Bertz CT molecular complexity index is 2790. The lowest BCUT2D eigenvalue weighted by Gasteiger charge is -2.24. The van der Waals surface area contributed by atoms with Gasteiger partial charge in [-0.15, -0.1) is 0 Å². The number of rotatable bonds is 33. The third-order valence-corrected chi connectivity index (χ3v) is 11.6. The fourth-order valence-electron chi connectivity index (χ4n) is 7.65. The van der Waals surface area contributed by atoms with Crippen molar-refractivity contribution >= 4 is 52.7 Å². The van der Waals surface area contributed by atoms with Crippen LogP contribution in [0.15, 0.2) is 48.5 Å². The van der Waals surface area contributed by atoms with Crippen molar-refractivity contribution in [2.45, 2.75) is 71.9 Å². The summed E-state index contributed by atoms with van der Waals surface area (Å²) >= 11 is 0. The third kappa shape index (κ3) is 19.4. The second kappa shape index (κ2) is 31.9. The number of pyridine rings is 1. The van der Waals surface area contributed by atoms with Crippen molar-refractivity contribution in [3.63, 3.8) is 0 Å². The maximum atomic E-state index is 13.9. The lowest BCUT2D eigenvalue weighted by molar-refractivity contribution is -0.679. The van der Waals surface area contributed by atoms with E-state index in [1.165, 1.54) is 20.3 Å². The number of halogens is 5. The van der Waals surface area contributed by atoms with Gasteiger partial charge in [-0.3, -0.25) is 19.2 Å². The number of ether oxygens (including phenoxy) is 7. The fourth-order valence-corrected chi connectivity index (χ4v) is 7.65. The minimum atomic E-state index is -2.39. The van der Waals surface area contributed by atoms with E-state index in [1.807, 2.05) is 0 Å². The highest BCUT2D eigenvalue weighted by molar-refractivity contribution is 5.97. The minimum Gasteiger partial charge on any atom is -0.497 e. The number of hydrogen-bond donors (Lipinski definition) is 6. The van der Waals surface area contributed by atoms with Crippen LogP contribution in [0.4, 0.5) is 43.9 Å². The van der Waals surface area contributed by atoms with Gasteiger partial charge in [-0.25, -0.2) is 28.1 Å². The van der Waals surface area contributed by atoms with Gasteiger partial charge in [0.1, 0.15) is 24.1 Å². The number of nitriles is 1. The van der Waals surface area contributed by atoms with Gasteiger partial charge >= 0.3 is 23.8 Å². The zero-order chi connectivity index (χ0) is 58.2. The molecule has 1 aromatic heterocycles. The molecule has 428 valence electrons. The molecule has 0 bridgehead atoms. The number of nitrogens with two attached hydrogens (primary N) is 2. The molecular formula is C53H64F5N8O13+. The number of nitrogens with zero attached hydrogens (tertiary/aromatic N) is 2. The largest absolute Gasteiger partial charge is 0.497 e. The summed E-state index contributed by atoms with van der Waals surface area (Å²) in [5.74, 6) is -16.3. The summed E-state index contributed by atoms with van der Waals surface area (Å²) < 4.78 is 106. The highest BCUT2D eigenvalue weighted by Crippen LogP contribution is 2.30. The van der Waals surface area contributed by atoms with Crippen LogP contribution in [0.25, 0.3) is 0 Å². The van der Waals surface area contributed by atoms with Crippen molar-refractivity contribution in [3.8, 4) is 29.2 Å². The average molecular weight is 1120 g/mol. The molecule has 21 nitrogen and oxygen atoms in total. The zero-order valence-corrected chi connectivity index (χ0v) is 44.2. The van der Waals surface area contributed by atoms with Gasteiger partial charge < -0.3 is 60.6 Å². The summed E-state index contributed by atoms with van der Waals surface area (Å²) in [6.45, 7) is 5.29. The van der Waals surface area contributed by atoms with Crippen LogP contribution in [0.5, 0.6) is 23.1 Å². The van der Waals surface area contributed by atoms with Crippen LogP contribution in [-0.4, -0.2) is 109 Å². The van der Waals surface area contributed by atoms with Crippen LogP contribution >= 0.6 is 0 Å². The first kappa shape index (κ1) is 63.4. The molecule has 0 saturated heterocycles. The molecule has 2 atom stereocenters. The van der Waals surface area contributed by atoms with Crippen molar-refractivity contribution in [3.05, 3.63) is 94.3 Å². The number of ketones is 1. The van der Waals surface area contributed by atoms with E-state index < -0.39 is 88.7 Å². The number of benzene rings is 3. The molecule has 0 aliphatic rings. The number of primary amides is 1. The molecule has 0 aliphatic heterocycles. The molecule has 79 heavy (non-hydrogen) atoms. The second-order valence-corrected chi connectivity index (χ2v) is 17.7. The summed E-state index contributed by atoms with van der Waals surface area (Å²) in [5.41, 5.74) is 13.2. The number of Topliss-reactive ketones (excluding diaryl/α,β-unsaturated/α-hetero) is 1. The first-order chi connectivity index (χ1) is 37.7. The summed E-state index contributed by atoms with van der Waals surface area (Å²) in [7, 11) is 2.99. The number of carbonyl (C=O) groups is 6. The maximum absolute atomic E-state index is 13.9. The van der Waals surface area contributed by atoms with Gasteiger partial charge in [0.15, 0.2) is 11.3 Å². The topological polar surface area (TPSA) is 295 Å². The molecule has 4 aromatic rings. The van der Waals surface area contributed by atoms with Crippen LogP contribution in [0.2, 0.25) is 0 Å². The number of carbonyl (C=O) groups excluding carboxylic acids is 6. The van der Waals surface area contributed by atoms with E-state index >= 15 is 0 Å². The zero-order valence-electron chi connectivity index (χ0n) is 44.2. The highest BCUT2D eigenvalue weighted by Gasteiger charge is 2.32. The number of methoxy groups -OCH3 is 2. The normalized spacial score (nSPS) is 11.7. The summed E-state index contributed by atoms with van der Waals surface area (Å²) in [5, 5.41) is 21.0. The van der Waals surface area contributed by atoms with E-state index in [4.69, 9.17) is 39.9 Å². The van der Waals surface area contributed by atoms with Gasteiger partial charge in [0.25, 0.3) is 5.82 Å². The molecule has 0 aliphatic carbocycles. The highest BCUT2D eigenvalue weighted by atomic mass is 19.2. The lowest BCUT2D eigenvalue weighted by atomic mass is 9.89. The van der Waals surface area contributed by atoms with Gasteiger partial charge in [-0.2, -0.15) is 18.6 Å². The molecule has 0 fully saturated rings. The fraction of sp³-hybridized carbons (Fsp3) is 0.434. The number of amides is 5. The van der Waals surface area contributed by atoms with Crippen LogP contribution in [0.3, 0.4) is 0 Å². The van der Waals surface area contributed by atoms with Crippen molar-refractivity contribution in [1.82, 2.24) is 10.6 Å². The van der Waals surface area contributed by atoms with Crippen molar-refractivity contribution in [2.75, 3.05) is 83.4 Å². The molecule has 26 heteroatoms. The Morgan fingerprint density at radius 3 is 1.97 bits per heavy atom. The Hall–Kier alpha value is -8.15. The molecule has 0 spiro atoms. The van der Waals surface area contributed by atoms with Gasteiger partial charge in [0, 0.05) is 36.6 Å². The summed E-state index contributed by atoms with van der Waals surface area (Å²) in [6, 6.07) is 13.6. The van der Waals surface area contributed by atoms with Crippen molar-refractivity contribution in [1.29, 1.82) is 5.26 Å². The number of nitrogens with one attached hydrogen (secondary N) is 4. The predicted octanol–water partition coefficient (Wildman–Crippen LogP) is 5.31. The standard InChI is InChI=1S/C53H63F5N8O13/c1-6-78-52-36(28-59)37(60)27-40(64-42(69)26-33-24-35(73-4)13-14-39(33)74-5)66(52)29-31-9-11-34(12-10-31)63-51(71)32(8-7-17-62-53(61)72)25-38(67)49(30(2)3)65-41(68)15-18-75-20-22-77-23-21-76-19-16-43(70)79-50-47(57)45(55)44(54)46(56)48(50)58/h9-14,24,27,30,32,49H,6-8,15-23,25-26,29H2,1-5H3,(H7,60,61,62,63,64,65,68,69,71,72)/p+1/t32-,49+/m1/s1. The van der Waals surface area contributed by atoms with Crippen LogP contribution in [0, 0.1) is 52.3 Å². The van der Waals surface area contributed by atoms with Crippen LogP contribution < -0.4 is 56.2 Å². The number of hydrogen-bond acceptors (Lipinski definition) is 15. The molecule has 3 aromatic carbocycles. The number of urea groups is 1. The number of anilines is 3. The summed E-state index contributed by atoms with van der Waals surface area (Å²) in [4.78, 5) is 77.5. The minimum absolute atomic E-state index is 0.0167.